The van der Waals surface area contributed by atoms with Crippen molar-refractivity contribution in [2.75, 3.05) is 0 Å². The fourth-order valence-electron chi connectivity index (χ4n) is 4.51. The molecule has 1 rings (SSSR count). The van der Waals surface area contributed by atoms with Gasteiger partial charge in [-0.15, -0.1) is 0 Å². The zero-order valence-electron chi connectivity index (χ0n) is 22.6. The summed E-state index contributed by atoms with van der Waals surface area (Å²) in [5, 5.41) is 11.4. The molecule has 0 saturated carbocycles. The zero-order chi connectivity index (χ0) is 26.3. The van der Waals surface area contributed by atoms with Gasteiger partial charge < -0.3 is 14.6 Å². The Balaban J connectivity index is 2.55. The molecule has 1 unspecified atom stereocenters. The summed E-state index contributed by atoms with van der Waals surface area (Å²) in [6.45, 7) is 9.87. The van der Waals surface area contributed by atoms with Gasteiger partial charge in [0.1, 0.15) is 0 Å². The van der Waals surface area contributed by atoms with Crippen LogP contribution in [0.3, 0.4) is 0 Å². The van der Waals surface area contributed by atoms with Crippen LogP contribution in [0.4, 0.5) is 13.2 Å². The van der Waals surface area contributed by atoms with Gasteiger partial charge in [0.15, 0.2) is 0 Å². The van der Waals surface area contributed by atoms with E-state index in [1.807, 2.05) is 27.7 Å². The Kier molecular flexibility index (Phi) is 15.1. The molecule has 1 N–H and O–H groups in total. The lowest BCUT2D eigenvalue weighted by atomic mass is 9.91. The lowest BCUT2D eigenvalue weighted by Gasteiger charge is -2.38. The molecule has 0 saturated heterocycles. The zero-order valence-corrected chi connectivity index (χ0v) is 22.6. The first-order valence-corrected chi connectivity index (χ1v) is 13.7. The van der Waals surface area contributed by atoms with Gasteiger partial charge in [-0.1, -0.05) is 76.8 Å². The summed E-state index contributed by atoms with van der Waals surface area (Å²) in [7, 11) is 0. The summed E-state index contributed by atoms with van der Waals surface area (Å²) >= 11 is 0. The molecule has 0 aromatic heterocycles. The van der Waals surface area contributed by atoms with Crippen LogP contribution >= 0.6 is 0 Å². The van der Waals surface area contributed by atoms with Crippen molar-refractivity contribution in [1.82, 2.24) is 0 Å². The summed E-state index contributed by atoms with van der Waals surface area (Å²) in [6.07, 6.45) is 8.97. The second kappa shape index (κ2) is 16.6. The highest BCUT2D eigenvalue weighted by Crippen LogP contribution is 2.33. The fraction of sp³-hybridized carbons (Fsp3) is 0.793. The van der Waals surface area contributed by atoms with Gasteiger partial charge in [-0.2, -0.15) is 13.2 Å². The minimum atomic E-state index is -4.29. The Hall–Kier alpha value is -1.11. The first kappa shape index (κ1) is 31.9. The van der Waals surface area contributed by atoms with Crippen LogP contribution in [-0.2, 0) is 22.1 Å². The van der Waals surface area contributed by atoms with E-state index in [9.17, 15) is 18.3 Å². The molecule has 0 fully saturated rings. The highest BCUT2D eigenvalue weighted by atomic mass is 19.4. The predicted molar refractivity (Wildman–Crippen MR) is 137 cm³/mol. The van der Waals surface area contributed by atoms with E-state index in [2.05, 4.69) is 6.92 Å². The van der Waals surface area contributed by atoms with Gasteiger partial charge in [0.2, 0.25) is 0 Å². The van der Waals surface area contributed by atoms with E-state index >= 15 is 0 Å². The molecule has 0 aliphatic rings. The number of aliphatic hydroxyl groups is 1. The Morgan fingerprint density at radius 3 is 1.63 bits per heavy atom. The van der Waals surface area contributed by atoms with E-state index in [1.165, 1.54) is 25.7 Å². The molecule has 204 valence electrons. The number of hydrogen-bond donors (Lipinski definition) is 1. The van der Waals surface area contributed by atoms with Crippen LogP contribution in [0, 0.1) is 5.92 Å². The van der Waals surface area contributed by atoms with Gasteiger partial charge >= 0.3 is 6.18 Å². The van der Waals surface area contributed by atoms with Crippen molar-refractivity contribution in [2.45, 2.75) is 142 Å². The first-order chi connectivity index (χ1) is 16.5. The molecule has 3 nitrogen and oxygen atoms in total. The molecule has 35 heavy (non-hydrogen) atoms. The Bertz CT molecular complexity index is 646. The van der Waals surface area contributed by atoms with Crippen molar-refractivity contribution < 1.29 is 27.8 Å². The van der Waals surface area contributed by atoms with Gasteiger partial charge in [-0.25, -0.2) is 0 Å². The summed E-state index contributed by atoms with van der Waals surface area (Å²) in [4.78, 5) is 0. The second-order valence-electron chi connectivity index (χ2n) is 10.4. The van der Waals surface area contributed by atoms with Crippen molar-refractivity contribution in [3.63, 3.8) is 0 Å². The molecule has 0 radical (unpaired) electrons. The van der Waals surface area contributed by atoms with Gasteiger partial charge in [0, 0.05) is 5.92 Å². The average Bonchev–Trinajstić information content (AvgIpc) is 2.75. The van der Waals surface area contributed by atoms with Crippen molar-refractivity contribution in [2.24, 2.45) is 5.92 Å². The van der Waals surface area contributed by atoms with E-state index < -0.39 is 17.7 Å². The van der Waals surface area contributed by atoms with Crippen LogP contribution in [0.15, 0.2) is 24.3 Å². The maximum Gasteiger partial charge on any atom is 0.416 e. The van der Waals surface area contributed by atoms with Crippen LogP contribution in [0.1, 0.15) is 123 Å². The highest BCUT2D eigenvalue weighted by Gasteiger charge is 2.40. The number of rotatable bonds is 19. The third-order valence-electron chi connectivity index (χ3n) is 6.28. The number of hydrogen-bond acceptors (Lipinski definition) is 3. The average molecular weight is 503 g/mol. The van der Waals surface area contributed by atoms with Crippen molar-refractivity contribution >= 4 is 0 Å². The van der Waals surface area contributed by atoms with Crippen molar-refractivity contribution in [1.29, 1.82) is 0 Å². The van der Waals surface area contributed by atoms with Crippen LogP contribution in [-0.4, -0.2) is 23.3 Å². The summed E-state index contributed by atoms with van der Waals surface area (Å²) in [6, 6.07) is 5.47. The first-order valence-electron chi connectivity index (χ1n) is 13.7. The van der Waals surface area contributed by atoms with Crippen LogP contribution in [0.5, 0.6) is 0 Å². The van der Waals surface area contributed by atoms with Crippen LogP contribution in [0.25, 0.3) is 0 Å². The van der Waals surface area contributed by atoms with Gasteiger partial charge in [0.05, 0.1) is 17.8 Å². The predicted octanol–water partition coefficient (Wildman–Crippen LogP) is 9.06. The molecule has 0 amide bonds. The molecular formula is C29H49F3O3. The van der Waals surface area contributed by atoms with E-state index in [1.54, 1.807) is 12.1 Å². The SMILES string of the molecule is CCCCCCCCC(CCCCCCc1ccc(C(F)(F)F)cc1)C(O)(OC(C)C)OC(C)C. The smallest absolute Gasteiger partial charge is 0.343 e. The van der Waals surface area contributed by atoms with Crippen LogP contribution in [0.2, 0.25) is 0 Å². The largest absolute Gasteiger partial charge is 0.416 e. The monoisotopic (exact) mass is 502 g/mol. The number of benzene rings is 1. The van der Waals surface area contributed by atoms with Gasteiger partial charge in [0.25, 0.3) is 5.97 Å². The molecule has 0 heterocycles. The van der Waals surface area contributed by atoms with Crippen LogP contribution < -0.4 is 0 Å². The highest BCUT2D eigenvalue weighted by molar-refractivity contribution is 5.24. The van der Waals surface area contributed by atoms with Gasteiger partial charge in [-0.3, -0.25) is 0 Å². The quantitative estimate of drug-likeness (QED) is 0.151. The standard InChI is InChI=1S/C29H49F3O3/c1-6-7-8-9-10-14-17-27(29(33,34-23(2)3)35-24(4)5)18-15-12-11-13-16-25-19-21-26(22-20-25)28(30,31)32/h19-24,27,33H,6-18H2,1-5H3. The third kappa shape index (κ3) is 13.7. The topological polar surface area (TPSA) is 38.7 Å². The molecular weight excluding hydrogens is 453 g/mol. The lowest BCUT2D eigenvalue weighted by Crippen LogP contribution is -2.47. The Labute approximate surface area is 211 Å². The molecule has 0 spiro atoms. The maximum atomic E-state index is 12.7. The molecule has 6 heteroatoms. The van der Waals surface area contributed by atoms with E-state index in [4.69, 9.17) is 9.47 Å². The second-order valence-corrected chi connectivity index (χ2v) is 10.4. The van der Waals surface area contributed by atoms with Gasteiger partial charge in [-0.05, 0) is 71.1 Å². The Morgan fingerprint density at radius 2 is 1.17 bits per heavy atom. The number of alkyl halides is 3. The Morgan fingerprint density at radius 1 is 0.714 bits per heavy atom. The summed E-state index contributed by atoms with van der Waals surface area (Å²) in [5.41, 5.74) is 0.335. The number of halogens is 3. The molecule has 0 aliphatic heterocycles. The normalized spacial score (nSPS) is 13.7. The van der Waals surface area contributed by atoms with E-state index in [0.717, 1.165) is 75.5 Å². The molecule has 1 atom stereocenters. The molecule has 0 aliphatic carbocycles. The summed E-state index contributed by atoms with van der Waals surface area (Å²) in [5.74, 6) is -1.67. The molecule has 1 aromatic rings. The van der Waals surface area contributed by atoms with Crippen molar-refractivity contribution in [3.8, 4) is 0 Å². The van der Waals surface area contributed by atoms with E-state index in [0.29, 0.717) is 0 Å². The minimum Gasteiger partial charge on any atom is -0.343 e. The fourth-order valence-corrected chi connectivity index (χ4v) is 4.51. The minimum absolute atomic E-state index is 0.0895. The number of aryl methyl sites for hydroxylation is 1. The third-order valence-corrected chi connectivity index (χ3v) is 6.28. The molecule has 0 bridgehead atoms. The van der Waals surface area contributed by atoms with E-state index in [-0.39, 0.29) is 18.1 Å². The summed E-state index contributed by atoms with van der Waals surface area (Å²) < 4.78 is 50.0. The maximum absolute atomic E-state index is 12.7. The number of ether oxygens (including phenoxy) is 2. The number of unbranched alkanes of at least 4 members (excludes halogenated alkanes) is 8. The van der Waals surface area contributed by atoms with Crippen molar-refractivity contribution in [3.05, 3.63) is 35.4 Å². The molecule has 1 aromatic carbocycles. The lowest BCUT2D eigenvalue weighted by molar-refractivity contribution is -0.407.